The van der Waals surface area contributed by atoms with Crippen molar-refractivity contribution in [3.8, 4) is 11.1 Å². The van der Waals surface area contributed by atoms with Crippen molar-refractivity contribution >= 4 is 27.6 Å². The molecule has 0 aromatic heterocycles. The number of sulfone groups is 1. The number of benzene rings is 2. The zero-order valence-corrected chi connectivity index (χ0v) is 24.6. The highest BCUT2D eigenvalue weighted by molar-refractivity contribution is 7.94. The lowest BCUT2D eigenvalue weighted by Gasteiger charge is -2.55. The smallest absolute Gasteiger partial charge is 0.264 e. The molecule has 3 heterocycles. The number of hydrogen-bond acceptors (Lipinski definition) is 6. The summed E-state index contributed by atoms with van der Waals surface area (Å²) in [7, 11) is -4.31. The zero-order chi connectivity index (χ0) is 31.6. The molecule has 1 saturated carbocycles. The van der Waals surface area contributed by atoms with Crippen LogP contribution in [0.5, 0.6) is 0 Å². The molecular formula is C31H32F3N3O6S. The third kappa shape index (κ3) is 4.90. The highest BCUT2D eigenvalue weighted by Crippen LogP contribution is 2.53. The molecule has 2 bridgehead atoms. The summed E-state index contributed by atoms with van der Waals surface area (Å²) in [6.07, 6.45) is 0.872. The first-order valence-electron chi connectivity index (χ1n) is 14.5. The van der Waals surface area contributed by atoms with Gasteiger partial charge in [-0.05, 0) is 42.9 Å². The molecule has 0 spiro atoms. The van der Waals surface area contributed by atoms with Gasteiger partial charge in [-0.1, -0.05) is 48.5 Å². The number of nitrogens with one attached hydrogen (secondary N) is 2. The molecule has 3 saturated heterocycles. The molecule has 3 aliphatic heterocycles. The summed E-state index contributed by atoms with van der Waals surface area (Å²) in [5, 5.41) is 15.8. The quantitative estimate of drug-likeness (QED) is 0.431. The topological polar surface area (TPSA) is 133 Å². The molecule has 2 aromatic rings. The summed E-state index contributed by atoms with van der Waals surface area (Å²) >= 11 is 0. The van der Waals surface area contributed by atoms with Gasteiger partial charge in [0.2, 0.25) is 26.8 Å². The minimum absolute atomic E-state index is 0.0750. The molecular weight excluding hydrogens is 599 g/mol. The summed E-state index contributed by atoms with van der Waals surface area (Å²) < 4.78 is 69.1. The second-order valence-corrected chi connectivity index (χ2v) is 14.1. The van der Waals surface area contributed by atoms with E-state index in [0.717, 1.165) is 4.90 Å². The average Bonchev–Trinajstić information content (AvgIpc) is 3.50. The van der Waals surface area contributed by atoms with Crippen LogP contribution in [0.3, 0.4) is 0 Å². The third-order valence-electron chi connectivity index (χ3n) is 9.39. The Bertz CT molecular complexity index is 1630. The number of carbonyl (C=O) groups excluding carboxylic acids is 3. The van der Waals surface area contributed by atoms with Crippen LogP contribution in [-0.4, -0.2) is 73.0 Å². The molecule has 4 fully saturated rings. The van der Waals surface area contributed by atoms with Gasteiger partial charge in [0.25, 0.3) is 11.8 Å². The van der Waals surface area contributed by atoms with Crippen LogP contribution in [0.1, 0.15) is 43.2 Å². The summed E-state index contributed by atoms with van der Waals surface area (Å²) in [5.41, 5.74) is -0.529. The van der Waals surface area contributed by atoms with Crippen LogP contribution in [0.15, 0.2) is 59.8 Å². The normalized spacial score (nSPS) is 27.3. The number of aliphatic hydroxyl groups is 1. The molecule has 5 atom stereocenters. The van der Waals surface area contributed by atoms with Gasteiger partial charge < -0.3 is 20.6 Å². The fourth-order valence-corrected chi connectivity index (χ4v) is 7.73. The van der Waals surface area contributed by atoms with E-state index in [1.807, 2.05) is 0 Å². The van der Waals surface area contributed by atoms with Crippen LogP contribution in [0.4, 0.5) is 13.2 Å². The predicted octanol–water partition coefficient (Wildman–Crippen LogP) is 2.78. The maximum atomic E-state index is 15.4. The maximum Gasteiger partial charge on any atom is 0.264 e. The van der Waals surface area contributed by atoms with E-state index in [2.05, 4.69) is 10.6 Å². The number of piperidine rings is 2. The van der Waals surface area contributed by atoms with Crippen molar-refractivity contribution in [1.29, 1.82) is 0 Å². The standard InChI is InChI=1S/C31H32F3N3O6S/c1-44(42,43)25(32)15-18(14-17-12-13-35-27(17)38)36-28(39)26-24-11-10-19(16-30(24,33)34)37(26)29(40)31(41)22-8-4-2-6-20(22)21-7-3-5-9-23(21)31/h2-9,15,17-19,24,26,41H,10-14,16H2,1H3,(H,35,38)(H,36,39)/b25-15+/t17-,18+,19-,24-,26+/m0/s1. The lowest BCUT2D eigenvalue weighted by Crippen LogP contribution is -2.70. The van der Waals surface area contributed by atoms with Gasteiger partial charge in [-0.15, -0.1) is 0 Å². The van der Waals surface area contributed by atoms with Crippen LogP contribution in [0.2, 0.25) is 0 Å². The van der Waals surface area contributed by atoms with Crippen molar-refractivity contribution in [1.82, 2.24) is 15.5 Å². The molecule has 2 aliphatic carbocycles. The Morgan fingerprint density at radius 2 is 1.70 bits per heavy atom. The average molecular weight is 632 g/mol. The number of fused-ring (bicyclic) bond motifs is 6. The molecule has 44 heavy (non-hydrogen) atoms. The number of halogens is 3. The Hall–Kier alpha value is -3.71. The summed E-state index contributed by atoms with van der Waals surface area (Å²) in [5.74, 6) is -7.94. The summed E-state index contributed by atoms with van der Waals surface area (Å²) in [6.45, 7) is 0.338. The van der Waals surface area contributed by atoms with Gasteiger partial charge in [0.1, 0.15) is 6.04 Å². The highest BCUT2D eigenvalue weighted by Gasteiger charge is 2.63. The molecule has 3 N–H and O–H groups in total. The van der Waals surface area contributed by atoms with E-state index in [-0.39, 0.29) is 36.3 Å². The fraction of sp³-hybridized carbons (Fsp3) is 0.452. The van der Waals surface area contributed by atoms with Crippen LogP contribution in [0, 0.1) is 11.8 Å². The Kier molecular flexibility index (Phi) is 7.39. The molecule has 13 heteroatoms. The Labute approximate surface area is 252 Å². The molecule has 5 aliphatic rings. The molecule has 2 aromatic carbocycles. The maximum absolute atomic E-state index is 15.4. The third-order valence-corrected chi connectivity index (χ3v) is 10.2. The number of hydrogen-bond donors (Lipinski definition) is 3. The van der Waals surface area contributed by atoms with Crippen LogP contribution >= 0.6 is 0 Å². The highest BCUT2D eigenvalue weighted by atomic mass is 32.2. The van der Waals surface area contributed by atoms with Gasteiger partial charge in [-0.25, -0.2) is 17.2 Å². The Balaban J connectivity index is 1.39. The molecule has 0 unspecified atom stereocenters. The van der Waals surface area contributed by atoms with Crippen LogP contribution in [0.25, 0.3) is 11.1 Å². The second-order valence-electron chi connectivity index (χ2n) is 12.1. The van der Waals surface area contributed by atoms with Gasteiger partial charge in [-0.3, -0.25) is 14.4 Å². The van der Waals surface area contributed by atoms with E-state index in [0.29, 0.717) is 36.4 Å². The van der Waals surface area contributed by atoms with E-state index in [9.17, 15) is 32.3 Å². The van der Waals surface area contributed by atoms with Crippen LogP contribution in [-0.2, 0) is 29.8 Å². The first-order chi connectivity index (χ1) is 20.7. The van der Waals surface area contributed by atoms with Gasteiger partial charge in [0.05, 0.1) is 12.0 Å². The number of amides is 3. The van der Waals surface area contributed by atoms with Crippen molar-refractivity contribution in [3.05, 3.63) is 70.9 Å². The molecule has 0 radical (unpaired) electrons. The van der Waals surface area contributed by atoms with E-state index >= 15 is 8.78 Å². The van der Waals surface area contributed by atoms with Gasteiger partial charge >= 0.3 is 0 Å². The minimum Gasteiger partial charge on any atom is -0.372 e. The van der Waals surface area contributed by atoms with E-state index in [1.165, 1.54) is 0 Å². The number of alkyl halides is 2. The van der Waals surface area contributed by atoms with E-state index < -0.39 is 74.7 Å². The number of nitrogens with zero attached hydrogens (tertiary/aromatic N) is 1. The lowest BCUT2D eigenvalue weighted by molar-refractivity contribution is -0.201. The monoisotopic (exact) mass is 631 g/mol. The lowest BCUT2D eigenvalue weighted by atomic mass is 9.70. The predicted molar refractivity (Wildman–Crippen MR) is 153 cm³/mol. The van der Waals surface area contributed by atoms with Gasteiger partial charge in [-0.2, -0.15) is 4.39 Å². The van der Waals surface area contributed by atoms with Crippen molar-refractivity contribution < 1.29 is 41.1 Å². The summed E-state index contributed by atoms with van der Waals surface area (Å²) in [4.78, 5) is 41.8. The molecule has 3 amide bonds. The zero-order valence-electron chi connectivity index (χ0n) is 23.8. The minimum atomic E-state index is -4.31. The van der Waals surface area contributed by atoms with Gasteiger partial charge in [0, 0.05) is 42.3 Å². The second kappa shape index (κ2) is 10.7. The fourth-order valence-electron chi connectivity index (χ4n) is 7.32. The molecule has 7 rings (SSSR count). The van der Waals surface area contributed by atoms with Crippen molar-refractivity contribution in [2.45, 2.75) is 61.8 Å². The SMILES string of the molecule is CS(=O)(=O)/C(F)=C/[C@@H](C[C@@H]1CCNC1=O)NC(=O)[C@H]1[C@@H]2CC[C@@H](CC2(F)F)N1C(=O)C1(O)c2ccccc2-c2ccccc21. The molecule has 9 nitrogen and oxygen atoms in total. The summed E-state index contributed by atoms with van der Waals surface area (Å²) in [6, 6.07) is 9.27. The Morgan fingerprint density at radius 3 is 2.25 bits per heavy atom. The largest absolute Gasteiger partial charge is 0.372 e. The molecule has 234 valence electrons. The van der Waals surface area contributed by atoms with Gasteiger partial charge in [0.15, 0.2) is 5.60 Å². The van der Waals surface area contributed by atoms with Crippen LogP contribution < -0.4 is 10.6 Å². The van der Waals surface area contributed by atoms with Crippen molar-refractivity contribution in [3.63, 3.8) is 0 Å². The van der Waals surface area contributed by atoms with Crippen molar-refractivity contribution in [2.75, 3.05) is 12.8 Å². The number of carbonyl (C=O) groups is 3. The first kappa shape index (κ1) is 30.3. The van der Waals surface area contributed by atoms with Crippen molar-refractivity contribution in [2.24, 2.45) is 11.8 Å². The first-order valence-corrected chi connectivity index (χ1v) is 16.4. The van der Waals surface area contributed by atoms with E-state index in [1.54, 1.807) is 48.5 Å². The number of rotatable bonds is 7. The Morgan fingerprint density at radius 1 is 1.09 bits per heavy atom. The van der Waals surface area contributed by atoms with E-state index in [4.69, 9.17) is 0 Å².